The molecule has 8 heteroatoms. The maximum Gasteiger partial charge on any atom is 0.244 e. The Hall–Kier alpha value is -0.570. The summed E-state index contributed by atoms with van der Waals surface area (Å²) in [7, 11) is -2.10. The second kappa shape index (κ2) is 6.28. The van der Waals surface area contributed by atoms with Crippen molar-refractivity contribution in [3.8, 4) is 0 Å². The number of hydrogen-bond acceptors (Lipinski definition) is 3. The zero-order valence-corrected chi connectivity index (χ0v) is 14.1. The van der Waals surface area contributed by atoms with Crippen LogP contribution in [-0.4, -0.2) is 39.0 Å². The molecule has 0 radical (unpaired) electrons. The lowest BCUT2D eigenvalue weighted by Gasteiger charge is -2.24. The van der Waals surface area contributed by atoms with Gasteiger partial charge in [-0.2, -0.15) is 0 Å². The van der Waals surface area contributed by atoms with Crippen LogP contribution >= 0.6 is 15.9 Å². The largest absolute Gasteiger partial charge is 0.299 e. The molecule has 1 aliphatic rings. The smallest absolute Gasteiger partial charge is 0.244 e. The Kier molecular flexibility index (Phi) is 5.02. The van der Waals surface area contributed by atoms with Crippen LogP contribution in [0.25, 0.3) is 0 Å². The van der Waals surface area contributed by atoms with E-state index in [1.165, 1.54) is 0 Å². The highest BCUT2D eigenvalue weighted by Crippen LogP contribution is 2.28. The Bertz CT molecular complexity index is 612. The second-order valence-electron chi connectivity index (χ2n) is 5.30. The molecule has 1 unspecified atom stereocenters. The highest BCUT2D eigenvalue weighted by atomic mass is 79.9. The fourth-order valence-electron chi connectivity index (χ4n) is 2.07. The molecule has 0 bridgehead atoms. The molecule has 0 amide bonds. The molecule has 0 heterocycles. The van der Waals surface area contributed by atoms with Gasteiger partial charge in [0.15, 0.2) is 0 Å². The molecule has 2 rings (SSSR count). The summed E-state index contributed by atoms with van der Waals surface area (Å²) in [4.78, 5) is 1.53. The summed E-state index contributed by atoms with van der Waals surface area (Å²) in [6.07, 6.45) is 2.23. The van der Waals surface area contributed by atoms with Crippen LogP contribution in [0.15, 0.2) is 21.5 Å². The van der Waals surface area contributed by atoms with Crippen molar-refractivity contribution in [3.63, 3.8) is 0 Å². The van der Waals surface area contributed by atoms with Crippen LogP contribution in [0.5, 0.6) is 0 Å². The first-order valence-corrected chi connectivity index (χ1v) is 8.86. The molecule has 21 heavy (non-hydrogen) atoms. The third-order valence-electron chi connectivity index (χ3n) is 3.62. The van der Waals surface area contributed by atoms with Gasteiger partial charge in [0.1, 0.15) is 16.5 Å². The molecule has 1 aromatic rings. The first-order chi connectivity index (χ1) is 9.72. The summed E-state index contributed by atoms with van der Waals surface area (Å²) < 4.78 is 53.3. The predicted octanol–water partition coefficient (Wildman–Crippen LogP) is 2.49. The minimum atomic E-state index is -4.04. The van der Waals surface area contributed by atoms with Crippen LogP contribution in [0.1, 0.15) is 19.8 Å². The molecule has 1 atom stereocenters. The number of rotatable bonds is 6. The molecule has 0 aromatic heterocycles. The standard InChI is InChI=1S/C13H17BrF2N2O2S/c1-8(18(2)10-3-4-10)7-17-21(19,20)13-11(14)5-9(15)6-12(13)16/h5-6,8,10,17H,3-4,7H2,1-2H3. The number of sulfonamides is 1. The van der Waals surface area contributed by atoms with Gasteiger partial charge in [0, 0.05) is 29.2 Å². The number of hydrogen-bond donors (Lipinski definition) is 1. The molecular formula is C13H17BrF2N2O2S. The zero-order valence-electron chi connectivity index (χ0n) is 11.7. The van der Waals surface area contributed by atoms with E-state index < -0.39 is 26.6 Å². The zero-order chi connectivity index (χ0) is 15.8. The van der Waals surface area contributed by atoms with E-state index in [1.54, 1.807) is 0 Å². The van der Waals surface area contributed by atoms with Crippen LogP contribution < -0.4 is 4.72 Å². The molecule has 1 N–H and O–H groups in total. The molecule has 1 saturated carbocycles. The number of benzene rings is 1. The summed E-state index contributed by atoms with van der Waals surface area (Å²) in [5.41, 5.74) is 0. The monoisotopic (exact) mass is 382 g/mol. The van der Waals surface area contributed by atoms with E-state index >= 15 is 0 Å². The van der Waals surface area contributed by atoms with E-state index in [0.29, 0.717) is 12.1 Å². The van der Waals surface area contributed by atoms with Gasteiger partial charge in [-0.25, -0.2) is 21.9 Å². The van der Waals surface area contributed by atoms with E-state index in [2.05, 4.69) is 25.6 Å². The number of nitrogens with zero attached hydrogens (tertiary/aromatic N) is 1. The van der Waals surface area contributed by atoms with Crippen LogP contribution in [0.4, 0.5) is 8.78 Å². The number of halogens is 3. The SMILES string of the molecule is CC(CNS(=O)(=O)c1c(F)cc(F)cc1Br)N(C)C1CC1. The third-order valence-corrected chi connectivity index (χ3v) is 6.01. The van der Waals surface area contributed by atoms with Crippen LogP contribution in [0.3, 0.4) is 0 Å². The van der Waals surface area contributed by atoms with E-state index in [1.807, 2.05) is 14.0 Å². The maximum atomic E-state index is 13.7. The summed E-state index contributed by atoms with van der Waals surface area (Å²) in [6, 6.07) is 1.98. The maximum absolute atomic E-state index is 13.7. The first-order valence-electron chi connectivity index (χ1n) is 6.58. The Balaban J connectivity index is 2.11. The highest BCUT2D eigenvalue weighted by molar-refractivity contribution is 9.10. The molecule has 0 spiro atoms. The number of nitrogens with one attached hydrogen (secondary N) is 1. The van der Waals surface area contributed by atoms with E-state index in [-0.39, 0.29) is 17.1 Å². The van der Waals surface area contributed by atoms with Crippen molar-refractivity contribution in [1.82, 2.24) is 9.62 Å². The Labute approximate surface area is 131 Å². The van der Waals surface area contributed by atoms with Gasteiger partial charge >= 0.3 is 0 Å². The molecule has 1 aromatic carbocycles. The molecule has 0 aliphatic heterocycles. The Morgan fingerprint density at radius 3 is 2.57 bits per heavy atom. The fraction of sp³-hybridized carbons (Fsp3) is 0.538. The minimum Gasteiger partial charge on any atom is -0.299 e. The average Bonchev–Trinajstić information content (AvgIpc) is 3.17. The summed E-state index contributed by atoms with van der Waals surface area (Å²) in [5.74, 6) is -1.95. The summed E-state index contributed by atoms with van der Waals surface area (Å²) in [6.45, 7) is 2.06. The molecule has 1 aliphatic carbocycles. The Morgan fingerprint density at radius 2 is 2.05 bits per heavy atom. The minimum absolute atomic E-state index is 0.00504. The van der Waals surface area contributed by atoms with Crippen molar-refractivity contribution in [2.45, 2.75) is 36.7 Å². The van der Waals surface area contributed by atoms with Crippen molar-refractivity contribution in [1.29, 1.82) is 0 Å². The Morgan fingerprint density at radius 1 is 1.43 bits per heavy atom. The topological polar surface area (TPSA) is 49.4 Å². The van der Waals surface area contributed by atoms with Gasteiger partial charge < -0.3 is 0 Å². The highest BCUT2D eigenvalue weighted by Gasteiger charge is 2.30. The molecule has 118 valence electrons. The molecule has 1 fully saturated rings. The van der Waals surface area contributed by atoms with Crippen molar-refractivity contribution >= 4 is 26.0 Å². The number of likely N-dealkylation sites (N-methyl/N-ethyl adjacent to an activating group) is 1. The van der Waals surface area contributed by atoms with Crippen LogP contribution in [0, 0.1) is 11.6 Å². The van der Waals surface area contributed by atoms with E-state index in [4.69, 9.17) is 0 Å². The lowest BCUT2D eigenvalue weighted by atomic mass is 10.3. The van der Waals surface area contributed by atoms with Gasteiger partial charge in [-0.15, -0.1) is 0 Å². The lowest BCUT2D eigenvalue weighted by molar-refractivity contribution is 0.248. The van der Waals surface area contributed by atoms with Gasteiger partial charge in [-0.1, -0.05) is 0 Å². The van der Waals surface area contributed by atoms with Crippen molar-refractivity contribution in [2.75, 3.05) is 13.6 Å². The summed E-state index contributed by atoms with van der Waals surface area (Å²) in [5, 5.41) is 0. The van der Waals surface area contributed by atoms with Gasteiger partial charge in [0.05, 0.1) is 0 Å². The normalized spacial score (nSPS) is 17.2. The molecular weight excluding hydrogens is 366 g/mol. The second-order valence-corrected chi connectivity index (χ2v) is 7.85. The third kappa shape index (κ3) is 4.00. The lowest BCUT2D eigenvalue weighted by Crippen LogP contribution is -2.41. The van der Waals surface area contributed by atoms with Crippen molar-refractivity contribution in [2.24, 2.45) is 0 Å². The van der Waals surface area contributed by atoms with Gasteiger partial charge in [-0.3, -0.25) is 4.90 Å². The van der Waals surface area contributed by atoms with Crippen molar-refractivity contribution < 1.29 is 17.2 Å². The van der Waals surface area contributed by atoms with Crippen LogP contribution in [-0.2, 0) is 10.0 Å². The van der Waals surface area contributed by atoms with Gasteiger partial charge in [0.25, 0.3) is 0 Å². The molecule has 4 nitrogen and oxygen atoms in total. The van der Waals surface area contributed by atoms with E-state index in [0.717, 1.165) is 18.9 Å². The molecule has 0 saturated heterocycles. The van der Waals surface area contributed by atoms with Crippen molar-refractivity contribution in [3.05, 3.63) is 28.2 Å². The van der Waals surface area contributed by atoms with Gasteiger partial charge in [-0.05, 0) is 48.8 Å². The first kappa shape index (κ1) is 16.8. The van der Waals surface area contributed by atoms with E-state index in [9.17, 15) is 17.2 Å². The van der Waals surface area contributed by atoms with Gasteiger partial charge in [0.2, 0.25) is 10.0 Å². The predicted molar refractivity (Wildman–Crippen MR) is 79.5 cm³/mol. The summed E-state index contributed by atoms with van der Waals surface area (Å²) >= 11 is 2.89. The average molecular weight is 383 g/mol. The van der Waals surface area contributed by atoms with Crippen LogP contribution in [0.2, 0.25) is 0 Å². The fourth-order valence-corrected chi connectivity index (χ4v) is 4.36. The quantitative estimate of drug-likeness (QED) is 0.821.